The predicted molar refractivity (Wildman–Crippen MR) is 51.2 cm³/mol. The molecule has 0 aliphatic rings. The van der Waals surface area contributed by atoms with E-state index in [1.807, 2.05) is 7.05 Å². The quantitative estimate of drug-likeness (QED) is 0.522. The molecule has 0 saturated carbocycles. The summed E-state index contributed by atoms with van der Waals surface area (Å²) >= 11 is 7.44. The van der Waals surface area contributed by atoms with Crippen molar-refractivity contribution in [3.63, 3.8) is 0 Å². The maximum absolute atomic E-state index is 5.65. The third-order valence-electron chi connectivity index (χ3n) is 1.59. The molecule has 1 aromatic heterocycles. The van der Waals surface area contributed by atoms with Crippen molar-refractivity contribution in [3.05, 3.63) is 21.9 Å². The molecule has 1 aromatic rings. The van der Waals surface area contributed by atoms with Gasteiger partial charge in [-0.3, -0.25) is 4.90 Å². The molecule has 0 spiro atoms. The van der Waals surface area contributed by atoms with Gasteiger partial charge in [-0.25, -0.2) is 0 Å². The fraction of sp³-hybridized carbons (Fsp3) is 0.500. The molecule has 0 radical (unpaired) electrons. The summed E-state index contributed by atoms with van der Waals surface area (Å²) in [4.78, 5) is 3.49. The molecule has 1 heterocycles. The van der Waals surface area contributed by atoms with Crippen molar-refractivity contribution >= 4 is 22.9 Å². The molecule has 0 aliphatic heterocycles. The molecule has 1 rings (SSSR count). The van der Waals surface area contributed by atoms with E-state index >= 15 is 0 Å². The zero-order chi connectivity index (χ0) is 8.27. The number of nitrogens with zero attached hydrogens (tertiary/aromatic N) is 1. The van der Waals surface area contributed by atoms with Crippen LogP contribution < -0.4 is 0 Å². The van der Waals surface area contributed by atoms with E-state index in [1.54, 1.807) is 11.3 Å². The van der Waals surface area contributed by atoms with Gasteiger partial charge in [-0.15, -0.1) is 22.9 Å². The zero-order valence-electron chi connectivity index (χ0n) is 6.80. The minimum absolute atomic E-state index is 0.595. The Morgan fingerprint density at radius 1 is 1.64 bits per heavy atom. The maximum Gasteiger partial charge on any atom is 0.0739 e. The second-order valence-electron chi connectivity index (χ2n) is 2.66. The van der Waals surface area contributed by atoms with Crippen LogP contribution in [0, 0.1) is 6.92 Å². The number of hydrogen-bond acceptors (Lipinski definition) is 2. The highest BCUT2D eigenvalue weighted by Crippen LogP contribution is 2.16. The number of hydrogen-bond donors (Lipinski definition) is 0. The minimum Gasteiger partial charge on any atom is -0.288 e. The van der Waals surface area contributed by atoms with Crippen molar-refractivity contribution in [2.75, 3.05) is 13.1 Å². The lowest BCUT2D eigenvalue weighted by atomic mass is 10.3. The third kappa shape index (κ3) is 2.47. The SMILES string of the molecule is Cc1ccsc1CN(C)CCl. The standard InChI is InChI=1S/C8H12ClNS/c1-7-3-4-11-8(7)5-10(2)6-9/h3-4H,5-6H2,1-2H3. The van der Waals surface area contributed by atoms with Crippen molar-refractivity contribution in [2.45, 2.75) is 13.5 Å². The van der Waals surface area contributed by atoms with Gasteiger partial charge in [-0.2, -0.15) is 0 Å². The summed E-state index contributed by atoms with van der Waals surface area (Å²) in [6, 6.07) is 2.74. The van der Waals surface area contributed by atoms with Crippen LogP contribution in [0.15, 0.2) is 11.4 Å². The average molecular weight is 190 g/mol. The first-order valence-corrected chi connectivity index (χ1v) is 4.93. The Balaban J connectivity index is 2.56. The Bertz CT molecular complexity index is 222. The van der Waals surface area contributed by atoms with Gasteiger partial charge < -0.3 is 0 Å². The van der Waals surface area contributed by atoms with Gasteiger partial charge in [0.05, 0.1) is 6.00 Å². The van der Waals surface area contributed by atoms with E-state index in [-0.39, 0.29) is 0 Å². The second-order valence-corrected chi connectivity index (χ2v) is 3.90. The van der Waals surface area contributed by atoms with E-state index in [1.165, 1.54) is 10.4 Å². The number of rotatable bonds is 3. The number of alkyl halides is 1. The van der Waals surface area contributed by atoms with Gasteiger partial charge in [-0.1, -0.05) is 0 Å². The summed E-state index contributed by atoms with van der Waals surface area (Å²) < 4.78 is 0. The fourth-order valence-corrected chi connectivity index (χ4v) is 1.92. The van der Waals surface area contributed by atoms with Crippen molar-refractivity contribution in [1.82, 2.24) is 4.90 Å². The summed E-state index contributed by atoms with van der Waals surface area (Å²) in [5.74, 6) is 0. The van der Waals surface area contributed by atoms with E-state index < -0.39 is 0 Å². The molecule has 0 aromatic carbocycles. The van der Waals surface area contributed by atoms with Crippen molar-refractivity contribution in [3.8, 4) is 0 Å². The Hall–Kier alpha value is -0.0500. The van der Waals surface area contributed by atoms with Crippen molar-refractivity contribution < 1.29 is 0 Å². The molecule has 0 bridgehead atoms. The largest absolute Gasteiger partial charge is 0.288 e. The second kappa shape index (κ2) is 4.10. The summed E-state index contributed by atoms with van der Waals surface area (Å²) in [5, 5.41) is 2.12. The molecule has 1 nitrogen and oxygen atoms in total. The van der Waals surface area contributed by atoms with Gasteiger partial charge in [0.1, 0.15) is 0 Å². The summed E-state index contributed by atoms with van der Waals surface area (Å²) in [6.45, 7) is 3.10. The Morgan fingerprint density at radius 3 is 2.82 bits per heavy atom. The van der Waals surface area contributed by atoms with Crippen LogP contribution in [0.2, 0.25) is 0 Å². The number of halogens is 1. The van der Waals surface area contributed by atoms with E-state index in [0.29, 0.717) is 6.00 Å². The van der Waals surface area contributed by atoms with Gasteiger partial charge in [0, 0.05) is 11.4 Å². The van der Waals surface area contributed by atoms with E-state index in [4.69, 9.17) is 11.6 Å². The molecule has 0 aliphatic carbocycles. The molecule has 0 atom stereocenters. The topological polar surface area (TPSA) is 3.24 Å². The maximum atomic E-state index is 5.65. The van der Waals surface area contributed by atoms with Crippen LogP contribution in [0.1, 0.15) is 10.4 Å². The first-order chi connectivity index (χ1) is 5.24. The van der Waals surface area contributed by atoms with Crippen LogP contribution in [0.5, 0.6) is 0 Å². The molecule has 0 fully saturated rings. The normalized spacial score (nSPS) is 10.9. The average Bonchev–Trinajstić information content (AvgIpc) is 2.37. The Kier molecular flexibility index (Phi) is 3.37. The predicted octanol–water partition coefficient (Wildman–Crippen LogP) is 2.68. The Labute approximate surface area is 76.6 Å². The molecule has 0 saturated heterocycles. The van der Waals surface area contributed by atoms with Gasteiger partial charge in [0.2, 0.25) is 0 Å². The van der Waals surface area contributed by atoms with Crippen LogP contribution in [0.4, 0.5) is 0 Å². The van der Waals surface area contributed by atoms with Gasteiger partial charge in [-0.05, 0) is 31.0 Å². The molecular formula is C8H12ClNS. The lowest BCUT2D eigenvalue weighted by molar-refractivity contribution is 0.385. The molecule has 62 valence electrons. The van der Waals surface area contributed by atoms with Crippen LogP contribution in [0.3, 0.4) is 0 Å². The summed E-state index contributed by atoms with van der Waals surface area (Å²) in [6.07, 6.45) is 0. The van der Waals surface area contributed by atoms with Gasteiger partial charge >= 0.3 is 0 Å². The van der Waals surface area contributed by atoms with Crippen LogP contribution in [-0.2, 0) is 6.54 Å². The molecule has 0 N–H and O–H groups in total. The highest BCUT2D eigenvalue weighted by atomic mass is 35.5. The number of thiophene rings is 1. The summed E-state index contributed by atoms with van der Waals surface area (Å²) in [7, 11) is 2.02. The minimum atomic E-state index is 0.595. The molecule has 0 unspecified atom stereocenters. The van der Waals surface area contributed by atoms with Gasteiger partial charge in [0.15, 0.2) is 0 Å². The van der Waals surface area contributed by atoms with E-state index in [2.05, 4.69) is 23.3 Å². The highest BCUT2D eigenvalue weighted by molar-refractivity contribution is 7.10. The van der Waals surface area contributed by atoms with E-state index in [9.17, 15) is 0 Å². The highest BCUT2D eigenvalue weighted by Gasteiger charge is 2.02. The smallest absolute Gasteiger partial charge is 0.0739 e. The first kappa shape index (κ1) is 9.04. The van der Waals surface area contributed by atoms with Crippen LogP contribution >= 0.6 is 22.9 Å². The van der Waals surface area contributed by atoms with Crippen LogP contribution in [0.25, 0.3) is 0 Å². The van der Waals surface area contributed by atoms with Crippen LogP contribution in [-0.4, -0.2) is 18.0 Å². The van der Waals surface area contributed by atoms with Gasteiger partial charge in [0.25, 0.3) is 0 Å². The zero-order valence-corrected chi connectivity index (χ0v) is 8.37. The lowest BCUT2D eigenvalue weighted by Gasteiger charge is -2.11. The molecule has 11 heavy (non-hydrogen) atoms. The van der Waals surface area contributed by atoms with Crippen molar-refractivity contribution in [2.24, 2.45) is 0 Å². The summed E-state index contributed by atoms with van der Waals surface area (Å²) in [5.41, 5.74) is 1.37. The molecular weight excluding hydrogens is 178 g/mol. The monoisotopic (exact) mass is 189 g/mol. The van der Waals surface area contributed by atoms with Crippen molar-refractivity contribution in [1.29, 1.82) is 0 Å². The number of aryl methyl sites for hydroxylation is 1. The Morgan fingerprint density at radius 2 is 2.36 bits per heavy atom. The molecule has 0 amide bonds. The first-order valence-electron chi connectivity index (χ1n) is 3.51. The lowest BCUT2D eigenvalue weighted by Crippen LogP contribution is -2.14. The van der Waals surface area contributed by atoms with E-state index in [0.717, 1.165) is 6.54 Å². The molecule has 3 heteroatoms. The fourth-order valence-electron chi connectivity index (χ4n) is 0.853. The third-order valence-corrected chi connectivity index (χ3v) is 3.00.